The fourth-order valence-corrected chi connectivity index (χ4v) is 12.3. The lowest BCUT2D eigenvalue weighted by atomic mass is 9.42. The van der Waals surface area contributed by atoms with Gasteiger partial charge in [0.25, 0.3) is 0 Å². The fourth-order valence-electron chi connectivity index (χ4n) is 11.1. The molecule has 0 radical (unpaired) electrons. The molecule has 4 aliphatic rings. The molecule has 56 heavy (non-hydrogen) atoms. The minimum Gasteiger partial charge on any atom is -0.376 e. The Morgan fingerprint density at radius 2 is 1.29 bits per heavy atom. The molecule has 0 fully saturated rings. The van der Waals surface area contributed by atoms with E-state index in [1.165, 1.54) is 110 Å². The molecule has 0 unspecified atom stereocenters. The third-order valence-corrected chi connectivity index (χ3v) is 14.9. The number of thiophene rings is 1. The summed E-state index contributed by atoms with van der Waals surface area (Å²) < 4.78 is 2.69. The molecule has 0 spiro atoms. The highest BCUT2D eigenvalue weighted by Crippen LogP contribution is 2.61. The van der Waals surface area contributed by atoms with Crippen molar-refractivity contribution in [1.82, 2.24) is 0 Å². The quantitative estimate of drug-likeness (QED) is 0.155. The van der Waals surface area contributed by atoms with Crippen LogP contribution in [0.25, 0.3) is 42.4 Å². The van der Waals surface area contributed by atoms with E-state index in [1.807, 2.05) is 11.3 Å². The van der Waals surface area contributed by atoms with Crippen LogP contribution in [0.3, 0.4) is 0 Å². The van der Waals surface area contributed by atoms with Crippen molar-refractivity contribution in [2.75, 3.05) is 9.71 Å². The van der Waals surface area contributed by atoms with E-state index in [0.717, 1.165) is 0 Å². The zero-order chi connectivity index (χ0) is 38.0. The molecule has 0 amide bonds. The van der Waals surface area contributed by atoms with E-state index < -0.39 is 0 Å². The van der Waals surface area contributed by atoms with Gasteiger partial charge in [0.1, 0.15) is 0 Å². The summed E-state index contributed by atoms with van der Waals surface area (Å²) in [6, 6.07) is 51.5. The topological polar surface area (TPSA) is 6.48 Å². The summed E-state index contributed by atoms with van der Waals surface area (Å²) in [6.45, 7) is 16.6. The van der Waals surface area contributed by atoms with E-state index in [1.54, 1.807) is 0 Å². The van der Waals surface area contributed by atoms with Gasteiger partial charge in [0.15, 0.2) is 0 Å². The summed E-state index contributed by atoms with van der Waals surface area (Å²) in [5.74, 6) is 0. The molecular formula is C52H43BN2S. The zero-order valence-electron chi connectivity index (χ0n) is 33.1. The summed E-state index contributed by atoms with van der Waals surface area (Å²) in [5, 5.41) is 2.70. The fraction of sp³-hybridized carbons (Fsp3) is 0.192. The van der Waals surface area contributed by atoms with Crippen LogP contribution in [0.4, 0.5) is 28.4 Å². The summed E-state index contributed by atoms with van der Waals surface area (Å²) in [6.07, 6.45) is 0. The van der Waals surface area contributed by atoms with Gasteiger partial charge in [-0.05, 0) is 97.2 Å². The molecule has 4 heteroatoms. The van der Waals surface area contributed by atoms with Crippen molar-refractivity contribution in [3.63, 3.8) is 0 Å². The molecule has 3 aliphatic heterocycles. The largest absolute Gasteiger partial charge is 0.376 e. The summed E-state index contributed by atoms with van der Waals surface area (Å²) in [5.41, 5.74) is 21.4. The Balaban J connectivity index is 1.29. The lowest BCUT2D eigenvalue weighted by molar-refractivity contribution is 0.590. The number of hydrogen-bond acceptors (Lipinski definition) is 3. The van der Waals surface area contributed by atoms with Crippen molar-refractivity contribution >= 4 is 77.7 Å². The van der Waals surface area contributed by atoms with E-state index >= 15 is 0 Å². The number of nitrogens with zero attached hydrogens (tertiary/aromatic N) is 2. The van der Waals surface area contributed by atoms with E-state index in [-0.39, 0.29) is 23.1 Å². The Kier molecular flexibility index (Phi) is 6.20. The molecule has 1 aliphatic carbocycles. The maximum Gasteiger partial charge on any atom is 0.333 e. The first kappa shape index (κ1) is 32.6. The van der Waals surface area contributed by atoms with Gasteiger partial charge in [0, 0.05) is 53.6 Å². The van der Waals surface area contributed by atoms with Crippen molar-refractivity contribution in [2.24, 2.45) is 0 Å². The van der Waals surface area contributed by atoms with Crippen LogP contribution in [0.1, 0.15) is 76.3 Å². The maximum atomic E-state index is 2.72. The van der Waals surface area contributed by atoms with E-state index in [9.17, 15) is 0 Å². The molecule has 0 bridgehead atoms. The minimum absolute atomic E-state index is 0.0340. The van der Waals surface area contributed by atoms with Gasteiger partial charge < -0.3 is 9.71 Å². The average molecular weight is 739 g/mol. The van der Waals surface area contributed by atoms with Gasteiger partial charge >= 0.3 is 6.85 Å². The lowest BCUT2D eigenvalue weighted by Gasteiger charge is -2.51. The van der Waals surface area contributed by atoms with Gasteiger partial charge in [-0.1, -0.05) is 146 Å². The predicted octanol–water partition coefficient (Wildman–Crippen LogP) is 13.0. The minimum atomic E-state index is -0.185. The van der Waals surface area contributed by atoms with Gasteiger partial charge in [-0.3, -0.25) is 0 Å². The second-order valence-corrected chi connectivity index (χ2v) is 19.6. The first-order valence-corrected chi connectivity index (χ1v) is 21.0. The van der Waals surface area contributed by atoms with Crippen LogP contribution in [0.2, 0.25) is 0 Å². The first-order chi connectivity index (χ1) is 27.0. The van der Waals surface area contributed by atoms with Crippen molar-refractivity contribution in [2.45, 2.75) is 64.7 Å². The van der Waals surface area contributed by atoms with Gasteiger partial charge in [-0.25, -0.2) is 0 Å². The third-order valence-electron chi connectivity index (χ3n) is 13.8. The summed E-state index contributed by atoms with van der Waals surface area (Å²) in [4.78, 5) is 5.41. The number of benzene rings is 7. The standard InChI is InChI=1S/C52H43BN2S/c1-50(2,3)30-23-25-31(26-24-30)55-41-28-27-33-32-15-8-10-17-36(32)52(6,7)46(33)44(41)35-29-43-45(34-16-9-13-22-42(34)56-43)49-47(35)53(55)39-20-14-19-38-48(39)54(49)40-21-12-11-18-37(40)51(38,4)5/h8-29H,1-7H3. The Labute approximate surface area is 334 Å². The molecule has 0 N–H and O–H groups in total. The van der Waals surface area contributed by atoms with Crippen molar-refractivity contribution < 1.29 is 0 Å². The number of para-hydroxylation sites is 2. The lowest BCUT2D eigenvalue weighted by Crippen LogP contribution is -2.62. The van der Waals surface area contributed by atoms with Gasteiger partial charge in [-0.2, -0.15) is 0 Å². The van der Waals surface area contributed by atoms with Gasteiger partial charge in [0.05, 0.1) is 11.4 Å². The molecule has 12 rings (SSSR count). The van der Waals surface area contributed by atoms with Crippen molar-refractivity contribution in [3.05, 3.63) is 161 Å². The van der Waals surface area contributed by atoms with Gasteiger partial charge in [-0.15, -0.1) is 11.3 Å². The van der Waals surface area contributed by atoms with Crippen LogP contribution >= 0.6 is 11.3 Å². The molecule has 0 atom stereocenters. The number of hydrogen-bond donors (Lipinski definition) is 0. The second-order valence-electron chi connectivity index (χ2n) is 18.5. The summed E-state index contributed by atoms with van der Waals surface area (Å²) >= 11 is 1.94. The highest BCUT2D eigenvalue weighted by atomic mass is 32.1. The Morgan fingerprint density at radius 1 is 0.571 bits per heavy atom. The van der Waals surface area contributed by atoms with Crippen molar-refractivity contribution in [3.8, 4) is 22.3 Å². The van der Waals surface area contributed by atoms with Crippen LogP contribution in [0, 0.1) is 0 Å². The summed E-state index contributed by atoms with van der Waals surface area (Å²) in [7, 11) is 0. The monoisotopic (exact) mass is 738 g/mol. The molecule has 1 aromatic heterocycles. The maximum absolute atomic E-state index is 2.72. The second kappa shape index (κ2) is 10.6. The van der Waals surface area contributed by atoms with Crippen LogP contribution in [0.5, 0.6) is 0 Å². The van der Waals surface area contributed by atoms with Crippen LogP contribution in [-0.2, 0) is 16.2 Å². The molecule has 270 valence electrons. The molecule has 4 heterocycles. The normalized spacial score (nSPS) is 16.3. The van der Waals surface area contributed by atoms with Crippen molar-refractivity contribution in [1.29, 1.82) is 0 Å². The van der Waals surface area contributed by atoms with Crippen LogP contribution in [0.15, 0.2) is 133 Å². The molecular weight excluding hydrogens is 695 g/mol. The first-order valence-electron chi connectivity index (χ1n) is 20.1. The van der Waals surface area contributed by atoms with Gasteiger partial charge in [0.2, 0.25) is 0 Å². The number of anilines is 5. The highest BCUT2D eigenvalue weighted by Gasteiger charge is 2.52. The number of rotatable bonds is 1. The smallest absolute Gasteiger partial charge is 0.333 e. The predicted molar refractivity (Wildman–Crippen MR) is 241 cm³/mol. The highest BCUT2D eigenvalue weighted by molar-refractivity contribution is 7.26. The molecule has 0 saturated heterocycles. The third kappa shape index (κ3) is 3.93. The molecule has 0 saturated carbocycles. The van der Waals surface area contributed by atoms with E-state index in [0.29, 0.717) is 0 Å². The molecule has 2 nitrogen and oxygen atoms in total. The van der Waals surface area contributed by atoms with Crippen LogP contribution < -0.4 is 20.6 Å². The van der Waals surface area contributed by atoms with E-state index in [2.05, 4.69) is 192 Å². The Morgan fingerprint density at radius 3 is 2.09 bits per heavy atom. The SMILES string of the molecule is CC(C)(C)c1ccc(N2B3c4cccc5c4N(c4ccccc4C5(C)C)c4c3c(cc3sc5ccccc5c43)-c3c2ccc2c3C(C)(C)c3ccccc3-2)cc1. The molecule has 8 aromatic rings. The Bertz CT molecular complexity index is 3030. The van der Waals surface area contributed by atoms with E-state index in [4.69, 9.17) is 0 Å². The molecule has 7 aromatic carbocycles. The average Bonchev–Trinajstić information content (AvgIpc) is 3.68. The number of fused-ring (bicyclic) bond motifs is 14. The Hall–Kier alpha value is -5.58. The van der Waals surface area contributed by atoms with Crippen LogP contribution in [-0.4, -0.2) is 6.85 Å². The zero-order valence-corrected chi connectivity index (χ0v) is 33.9.